The van der Waals surface area contributed by atoms with Gasteiger partial charge in [-0.2, -0.15) is 5.10 Å². The van der Waals surface area contributed by atoms with Crippen molar-refractivity contribution in [3.63, 3.8) is 0 Å². The standard InChI is InChI=1S/C19H15ClN2O/c20-16-8-12-19(13-9-16)23-18-10-6-15(7-11-18)14-21-22-17-4-2-1-3-5-17/h1-14,22H/b21-14+. The summed E-state index contributed by atoms with van der Waals surface area (Å²) in [5.74, 6) is 1.52. The van der Waals surface area contributed by atoms with Gasteiger partial charge in [-0.25, -0.2) is 0 Å². The molecule has 0 atom stereocenters. The van der Waals surface area contributed by atoms with E-state index in [1.807, 2.05) is 66.7 Å². The first-order valence-corrected chi connectivity index (χ1v) is 7.55. The molecule has 23 heavy (non-hydrogen) atoms. The van der Waals surface area contributed by atoms with Crippen LogP contribution in [0.15, 0.2) is 84.0 Å². The lowest BCUT2D eigenvalue weighted by molar-refractivity contribution is 0.482. The van der Waals surface area contributed by atoms with Crippen LogP contribution in [0.1, 0.15) is 5.56 Å². The Morgan fingerprint density at radius 1 is 0.783 bits per heavy atom. The van der Waals surface area contributed by atoms with Gasteiger partial charge >= 0.3 is 0 Å². The average molecular weight is 323 g/mol. The zero-order valence-electron chi connectivity index (χ0n) is 12.3. The highest BCUT2D eigenvalue weighted by Crippen LogP contribution is 2.23. The summed E-state index contributed by atoms with van der Waals surface area (Å²) in [6, 6.07) is 24.8. The van der Waals surface area contributed by atoms with Crippen molar-refractivity contribution in [1.82, 2.24) is 0 Å². The van der Waals surface area contributed by atoms with Crippen LogP contribution in [0.4, 0.5) is 5.69 Å². The second-order valence-electron chi connectivity index (χ2n) is 4.86. The normalized spacial score (nSPS) is 10.7. The van der Waals surface area contributed by atoms with Crippen molar-refractivity contribution < 1.29 is 4.74 Å². The van der Waals surface area contributed by atoms with Crippen molar-refractivity contribution in [2.45, 2.75) is 0 Å². The van der Waals surface area contributed by atoms with Gasteiger partial charge in [0.15, 0.2) is 0 Å². The Labute approximate surface area is 140 Å². The number of halogens is 1. The lowest BCUT2D eigenvalue weighted by Gasteiger charge is -2.05. The molecule has 0 saturated heterocycles. The molecule has 3 nitrogen and oxygen atoms in total. The Morgan fingerprint density at radius 2 is 1.39 bits per heavy atom. The zero-order chi connectivity index (χ0) is 15.9. The smallest absolute Gasteiger partial charge is 0.127 e. The number of hydrogen-bond donors (Lipinski definition) is 1. The van der Waals surface area contributed by atoms with Gasteiger partial charge in [0.05, 0.1) is 11.9 Å². The molecule has 114 valence electrons. The van der Waals surface area contributed by atoms with Crippen LogP contribution >= 0.6 is 11.6 Å². The van der Waals surface area contributed by atoms with Gasteiger partial charge in [0, 0.05) is 5.02 Å². The number of para-hydroxylation sites is 1. The molecule has 0 amide bonds. The fraction of sp³-hybridized carbons (Fsp3) is 0. The van der Waals surface area contributed by atoms with E-state index in [1.165, 1.54) is 0 Å². The molecule has 4 heteroatoms. The van der Waals surface area contributed by atoms with Crippen molar-refractivity contribution in [1.29, 1.82) is 0 Å². The van der Waals surface area contributed by atoms with Gasteiger partial charge in [-0.15, -0.1) is 0 Å². The van der Waals surface area contributed by atoms with E-state index in [1.54, 1.807) is 18.3 Å². The van der Waals surface area contributed by atoms with Crippen LogP contribution in [0.2, 0.25) is 5.02 Å². The maximum absolute atomic E-state index is 5.85. The van der Waals surface area contributed by atoms with E-state index < -0.39 is 0 Å². The molecule has 0 radical (unpaired) electrons. The Morgan fingerprint density at radius 3 is 2.04 bits per heavy atom. The molecule has 0 saturated carbocycles. The number of anilines is 1. The molecule has 0 aliphatic heterocycles. The second kappa shape index (κ2) is 7.47. The lowest BCUT2D eigenvalue weighted by Crippen LogP contribution is -1.90. The fourth-order valence-electron chi connectivity index (χ4n) is 1.95. The molecule has 3 rings (SSSR count). The summed E-state index contributed by atoms with van der Waals surface area (Å²) in [5.41, 5.74) is 4.91. The third kappa shape index (κ3) is 4.59. The number of rotatable bonds is 5. The minimum Gasteiger partial charge on any atom is -0.457 e. The third-order valence-corrected chi connectivity index (χ3v) is 3.36. The number of nitrogens with zero attached hydrogens (tertiary/aromatic N) is 1. The van der Waals surface area contributed by atoms with E-state index in [2.05, 4.69) is 10.5 Å². The third-order valence-electron chi connectivity index (χ3n) is 3.11. The summed E-state index contributed by atoms with van der Waals surface area (Å²) in [6.45, 7) is 0. The molecule has 0 aromatic heterocycles. The summed E-state index contributed by atoms with van der Waals surface area (Å²) in [5, 5.41) is 4.89. The summed E-state index contributed by atoms with van der Waals surface area (Å²) in [7, 11) is 0. The monoisotopic (exact) mass is 322 g/mol. The Hall–Kier alpha value is -2.78. The van der Waals surface area contributed by atoms with Gasteiger partial charge in [-0.05, 0) is 66.2 Å². The molecule has 0 unspecified atom stereocenters. The molecule has 0 bridgehead atoms. The lowest BCUT2D eigenvalue weighted by atomic mass is 10.2. The summed E-state index contributed by atoms with van der Waals surface area (Å²) in [6.07, 6.45) is 1.76. The molecule has 0 aliphatic rings. The van der Waals surface area contributed by atoms with Crippen molar-refractivity contribution in [2.24, 2.45) is 5.10 Å². The van der Waals surface area contributed by atoms with E-state index >= 15 is 0 Å². The minimum absolute atomic E-state index is 0.690. The Kier molecular flexibility index (Phi) is 4.92. The van der Waals surface area contributed by atoms with Gasteiger partial charge in [0.25, 0.3) is 0 Å². The molecule has 3 aromatic carbocycles. The summed E-state index contributed by atoms with van der Waals surface area (Å²) in [4.78, 5) is 0. The van der Waals surface area contributed by atoms with Crippen molar-refractivity contribution in [3.05, 3.63) is 89.4 Å². The predicted molar refractivity (Wildman–Crippen MR) is 95.6 cm³/mol. The van der Waals surface area contributed by atoms with E-state index in [4.69, 9.17) is 16.3 Å². The van der Waals surface area contributed by atoms with Crippen LogP contribution < -0.4 is 10.2 Å². The summed E-state index contributed by atoms with van der Waals surface area (Å²) >= 11 is 5.85. The molecular formula is C19H15ClN2O. The summed E-state index contributed by atoms with van der Waals surface area (Å²) < 4.78 is 5.74. The SMILES string of the molecule is Clc1ccc(Oc2ccc(/C=N/Nc3ccccc3)cc2)cc1. The van der Waals surface area contributed by atoms with Gasteiger partial charge in [-0.1, -0.05) is 29.8 Å². The van der Waals surface area contributed by atoms with Crippen LogP contribution in [-0.2, 0) is 0 Å². The molecule has 0 spiro atoms. The van der Waals surface area contributed by atoms with E-state index in [0.717, 1.165) is 22.7 Å². The molecule has 0 fully saturated rings. The van der Waals surface area contributed by atoms with Crippen LogP contribution in [0, 0.1) is 0 Å². The molecule has 0 aliphatic carbocycles. The van der Waals surface area contributed by atoms with Crippen molar-refractivity contribution in [3.8, 4) is 11.5 Å². The van der Waals surface area contributed by atoms with E-state index in [9.17, 15) is 0 Å². The molecule has 0 heterocycles. The number of hydrogen-bond acceptors (Lipinski definition) is 3. The molecule has 1 N–H and O–H groups in total. The largest absolute Gasteiger partial charge is 0.457 e. The number of benzene rings is 3. The van der Waals surface area contributed by atoms with Crippen LogP contribution in [0.25, 0.3) is 0 Å². The van der Waals surface area contributed by atoms with Crippen molar-refractivity contribution >= 4 is 23.5 Å². The predicted octanol–water partition coefficient (Wildman–Crippen LogP) is 5.58. The number of hydrazone groups is 1. The topological polar surface area (TPSA) is 33.6 Å². The van der Waals surface area contributed by atoms with Crippen LogP contribution in [0.5, 0.6) is 11.5 Å². The highest BCUT2D eigenvalue weighted by molar-refractivity contribution is 6.30. The first kappa shape index (κ1) is 15.1. The van der Waals surface area contributed by atoms with Gasteiger partial charge in [0.2, 0.25) is 0 Å². The van der Waals surface area contributed by atoms with Gasteiger partial charge in [0.1, 0.15) is 11.5 Å². The fourth-order valence-corrected chi connectivity index (χ4v) is 2.08. The van der Waals surface area contributed by atoms with Crippen LogP contribution in [-0.4, -0.2) is 6.21 Å². The number of ether oxygens (including phenoxy) is 1. The quantitative estimate of drug-likeness (QED) is 0.491. The maximum atomic E-state index is 5.85. The first-order valence-electron chi connectivity index (χ1n) is 7.17. The molecule has 3 aromatic rings. The Balaban J connectivity index is 1.59. The van der Waals surface area contributed by atoms with E-state index in [0.29, 0.717) is 5.02 Å². The maximum Gasteiger partial charge on any atom is 0.127 e. The highest BCUT2D eigenvalue weighted by atomic mass is 35.5. The van der Waals surface area contributed by atoms with Crippen molar-refractivity contribution in [2.75, 3.05) is 5.43 Å². The highest BCUT2D eigenvalue weighted by Gasteiger charge is 1.97. The Bertz CT molecular complexity index is 769. The molecular weight excluding hydrogens is 308 g/mol. The first-order chi connectivity index (χ1) is 11.3. The minimum atomic E-state index is 0.690. The zero-order valence-corrected chi connectivity index (χ0v) is 13.1. The second-order valence-corrected chi connectivity index (χ2v) is 5.30. The van der Waals surface area contributed by atoms with Gasteiger partial charge in [-0.3, -0.25) is 5.43 Å². The average Bonchev–Trinajstić information content (AvgIpc) is 2.59. The van der Waals surface area contributed by atoms with E-state index in [-0.39, 0.29) is 0 Å². The van der Waals surface area contributed by atoms with Gasteiger partial charge < -0.3 is 4.74 Å². The number of nitrogens with one attached hydrogen (secondary N) is 1. The van der Waals surface area contributed by atoms with Crippen LogP contribution in [0.3, 0.4) is 0 Å².